The van der Waals surface area contributed by atoms with Crippen LogP contribution < -0.4 is 10.6 Å². The van der Waals surface area contributed by atoms with Crippen molar-refractivity contribution >= 4 is 49.7 Å². The van der Waals surface area contributed by atoms with Gasteiger partial charge in [0.15, 0.2) is 5.13 Å². The van der Waals surface area contributed by atoms with Gasteiger partial charge in [-0.2, -0.15) is 0 Å². The molecule has 0 aliphatic rings. The minimum absolute atomic E-state index is 0.0716. The van der Waals surface area contributed by atoms with Crippen molar-refractivity contribution in [3.05, 3.63) is 64.7 Å². The van der Waals surface area contributed by atoms with Crippen LogP contribution in [0.25, 0.3) is 10.2 Å². The molecule has 4 aromatic rings. The quantitative estimate of drug-likeness (QED) is 0.391. The smallest absolute Gasteiger partial charge is 0.334 e. The minimum atomic E-state index is -0.524. The van der Waals surface area contributed by atoms with E-state index in [-0.39, 0.29) is 17.3 Å². The number of hydrogen-bond donors (Lipinski definition) is 2. The highest BCUT2D eigenvalue weighted by Crippen LogP contribution is 2.35. The van der Waals surface area contributed by atoms with Crippen LogP contribution in [0.4, 0.5) is 28.1 Å². The molecular formula is C17H13N7O2S. The van der Waals surface area contributed by atoms with Crippen molar-refractivity contribution in [2.24, 2.45) is 0 Å². The lowest BCUT2D eigenvalue weighted by molar-refractivity contribution is -0.383. The predicted octanol–water partition coefficient (Wildman–Crippen LogP) is 4.19. The van der Waals surface area contributed by atoms with Crippen LogP contribution in [0.3, 0.4) is 0 Å². The minimum Gasteiger partial charge on any atom is -0.334 e. The number of nitro groups is 1. The van der Waals surface area contributed by atoms with Crippen LogP contribution >= 0.6 is 11.3 Å². The van der Waals surface area contributed by atoms with Crippen LogP contribution in [0.2, 0.25) is 0 Å². The first-order chi connectivity index (χ1) is 13.1. The number of nitrogens with zero attached hydrogens (tertiary/aromatic N) is 5. The zero-order chi connectivity index (χ0) is 18.8. The molecule has 1 aromatic carbocycles. The van der Waals surface area contributed by atoms with Crippen molar-refractivity contribution in [2.45, 2.75) is 6.92 Å². The van der Waals surface area contributed by atoms with Crippen LogP contribution in [0.15, 0.2) is 49.1 Å². The van der Waals surface area contributed by atoms with Gasteiger partial charge in [-0.15, -0.1) is 0 Å². The van der Waals surface area contributed by atoms with Crippen molar-refractivity contribution in [1.82, 2.24) is 19.9 Å². The van der Waals surface area contributed by atoms with Gasteiger partial charge in [0, 0.05) is 18.1 Å². The Morgan fingerprint density at radius 2 is 1.81 bits per heavy atom. The van der Waals surface area contributed by atoms with Crippen LogP contribution in [0, 0.1) is 17.0 Å². The third-order valence-electron chi connectivity index (χ3n) is 3.72. The number of fused-ring (bicyclic) bond motifs is 1. The summed E-state index contributed by atoms with van der Waals surface area (Å²) in [6.07, 6.45) is 4.42. The first-order valence-electron chi connectivity index (χ1n) is 7.91. The molecule has 0 amide bonds. The molecule has 0 aliphatic carbocycles. The van der Waals surface area contributed by atoms with Crippen molar-refractivity contribution in [1.29, 1.82) is 0 Å². The largest absolute Gasteiger partial charge is 0.353 e. The third kappa shape index (κ3) is 3.51. The average Bonchev–Trinajstić information content (AvgIpc) is 3.04. The molecule has 0 spiro atoms. The van der Waals surface area contributed by atoms with Crippen molar-refractivity contribution in [3.63, 3.8) is 0 Å². The van der Waals surface area contributed by atoms with Gasteiger partial charge in [0.1, 0.15) is 6.33 Å². The zero-order valence-corrected chi connectivity index (χ0v) is 14.9. The van der Waals surface area contributed by atoms with Gasteiger partial charge in [-0.1, -0.05) is 17.4 Å². The summed E-state index contributed by atoms with van der Waals surface area (Å²) >= 11 is 1.40. The lowest BCUT2D eigenvalue weighted by Crippen LogP contribution is -2.05. The molecule has 0 aliphatic heterocycles. The monoisotopic (exact) mass is 379 g/mol. The summed E-state index contributed by atoms with van der Waals surface area (Å²) in [5.74, 6) is 0.156. The molecule has 0 bridgehead atoms. The zero-order valence-electron chi connectivity index (χ0n) is 14.1. The van der Waals surface area contributed by atoms with Gasteiger partial charge in [-0.05, 0) is 36.8 Å². The number of rotatable bonds is 5. The normalized spacial score (nSPS) is 10.7. The number of thiazole rings is 1. The second-order valence-electron chi connectivity index (χ2n) is 5.65. The molecule has 3 heterocycles. The maximum atomic E-state index is 11.7. The van der Waals surface area contributed by atoms with E-state index in [2.05, 4.69) is 30.6 Å². The van der Waals surface area contributed by atoms with E-state index in [0.29, 0.717) is 10.8 Å². The standard InChI is InChI=1S/C17H13N7O2S/c1-10-2-3-12-13(8-10)27-17(22-12)23-16-14(24(25)26)15(19-9-20-16)21-11-4-6-18-7-5-11/h2-9H,1H3,(H2,18,19,20,21,22,23). The molecule has 10 heteroatoms. The Morgan fingerprint density at radius 1 is 1.07 bits per heavy atom. The molecule has 134 valence electrons. The van der Waals surface area contributed by atoms with Gasteiger partial charge in [-0.3, -0.25) is 15.1 Å². The molecule has 3 aromatic heterocycles. The van der Waals surface area contributed by atoms with Crippen LogP contribution in [-0.2, 0) is 0 Å². The summed E-state index contributed by atoms with van der Waals surface area (Å²) in [4.78, 5) is 27.6. The Hall–Kier alpha value is -3.66. The first-order valence-corrected chi connectivity index (χ1v) is 8.72. The lowest BCUT2D eigenvalue weighted by Gasteiger charge is -2.08. The topological polar surface area (TPSA) is 119 Å². The molecule has 0 atom stereocenters. The maximum absolute atomic E-state index is 11.7. The molecular weight excluding hydrogens is 366 g/mol. The van der Waals surface area contributed by atoms with Crippen LogP contribution in [-0.4, -0.2) is 24.9 Å². The number of hydrogen-bond acceptors (Lipinski definition) is 9. The number of nitrogens with one attached hydrogen (secondary N) is 2. The van der Waals surface area contributed by atoms with Gasteiger partial charge in [-0.25, -0.2) is 15.0 Å². The molecule has 4 rings (SSSR count). The molecule has 9 nitrogen and oxygen atoms in total. The second kappa shape index (κ2) is 6.92. The summed E-state index contributed by atoms with van der Waals surface area (Å²) < 4.78 is 0.990. The van der Waals surface area contributed by atoms with E-state index in [9.17, 15) is 10.1 Å². The molecule has 27 heavy (non-hydrogen) atoms. The van der Waals surface area contributed by atoms with E-state index in [4.69, 9.17) is 0 Å². The molecule has 0 saturated carbocycles. The fourth-order valence-electron chi connectivity index (χ4n) is 2.49. The molecule has 0 fully saturated rings. The Morgan fingerprint density at radius 3 is 2.56 bits per heavy atom. The summed E-state index contributed by atoms with van der Waals surface area (Å²) in [6.45, 7) is 2.00. The van der Waals surface area contributed by atoms with E-state index >= 15 is 0 Å². The van der Waals surface area contributed by atoms with Crippen molar-refractivity contribution in [2.75, 3.05) is 10.6 Å². The Kier molecular flexibility index (Phi) is 4.30. The van der Waals surface area contributed by atoms with E-state index < -0.39 is 4.92 Å². The third-order valence-corrected chi connectivity index (χ3v) is 4.65. The van der Waals surface area contributed by atoms with Gasteiger partial charge in [0.05, 0.1) is 15.1 Å². The molecule has 0 radical (unpaired) electrons. The molecule has 0 unspecified atom stereocenters. The van der Waals surface area contributed by atoms with Gasteiger partial charge in [0.25, 0.3) is 0 Å². The van der Waals surface area contributed by atoms with Crippen LogP contribution in [0.1, 0.15) is 5.56 Å². The fraction of sp³-hybridized carbons (Fsp3) is 0.0588. The number of aromatic nitrogens is 4. The van der Waals surface area contributed by atoms with E-state index in [0.717, 1.165) is 15.8 Å². The van der Waals surface area contributed by atoms with Crippen LogP contribution in [0.5, 0.6) is 0 Å². The molecule has 2 N–H and O–H groups in total. The predicted molar refractivity (Wildman–Crippen MR) is 104 cm³/mol. The van der Waals surface area contributed by atoms with Crippen molar-refractivity contribution < 1.29 is 4.92 Å². The number of anilines is 4. The van der Waals surface area contributed by atoms with Crippen molar-refractivity contribution in [3.8, 4) is 0 Å². The highest BCUT2D eigenvalue weighted by molar-refractivity contribution is 7.22. The van der Waals surface area contributed by atoms with Gasteiger partial charge < -0.3 is 10.6 Å². The fourth-order valence-corrected chi connectivity index (χ4v) is 3.46. The number of benzene rings is 1. The first kappa shape index (κ1) is 16.8. The number of aryl methyl sites for hydroxylation is 1. The van der Waals surface area contributed by atoms with Gasteiger partial charge in [0.2, 0.25) is 11.6 Å². The lowest BCUT2D eigenvalue weighted by atomic mass is 10.2. The Labute approximate surface area is 157 Å². The maximum Gasteiger partial charge on any atom is 0.353 e. The average molecular weight is 379 g/mol. The second-order valence-corrected chi connectivity index (χ2v) is 6.68. The highest BCUT2D eigenvalue weighted by Gasteiger charge is 2.24. The van der Waals surface area contributed by atoms with E-state index in [1.807, 2.05) is 25.1 Å². The highest BCUT2D eigenvalue weighted by atomic mass is 32.1. The molecule has 0 saturated heterocycles. The summed E-state index contributed by atoms with van der Waals surface area (Å²) in [5, 5.41) is 18.1. The van der Waals surface area contributed by atoms with Gasteiger partial charge >= 0.3 is 5.69 Å². The number of pyridine rings is 1. The van der Waals surface area contributed by atoms with E-state index in [1.54, 1.807) is 24.5 Å². The summed E-state index contributed by atoms with van der Waals surface area (Å²) in [7, 11) is 0. The Balaban J connectivity index is 1.71. The Bertz CT molecular complexity index is 1130. The van der Waals surface area contributed by atoms with E-state index in [1.165, 1.54) is 17.7 Å². The SMILES string of the molecule is Cc1ccc2nc(Nc3ncnc(Nc4ccncc4)c3[N+](=O)[O-])sc2c1. The summed E-state index contributed by atoms with van der Waals surface area (Å²) in [5.41, 5.74) is 2.31. The summed E-state index contributed by atoms with van der Waals surface area (Å²) in [6, 6.07) is 9.28.